The van der Waals surface area contributed by atoms with E-state index in [2.05, 4.69) is 14.7 Å². The van der Waals surface area contributed by atoms with Crippen molar-refractivity contribution in [2.45, 2.75) is 57.6 Å². The number of carbonyl (C=O) groups is 1. The number of hydrogen-bond donors (Lipinski definition) is 1. The van der Waals surface area contributed by atoms with Crippen LogP contribution in [0.4, 0.5) is 4.39 Å². The molecule has 1 saturated carbocycles. The summed E-state index contributed by atoms with van der Waals surface area (Å²) in [6.45, 7) is 6.07. The molecule has 1 fully saturated rings. The van der Waals surface area contributed by atoms with E-state index in [1.807, 2.05) is 13.8 Å². The first-order valence-electron chi connectivity index (χ1n) is 12.2. The summed E-state index contributed by atoms with van der Waals surface area (Å²) in [7, 11) is -4.22. The SMILES string of the molecule is Cc1cccc(S(=O)(=O)NC(=O)c2ccc(-c3cc(F)cc(OCC(C)C)c3)nc2OC2CCCC2)n1. The summed E-state index contributed by atoms with van der Waals surface area (Å²) < 4.78 is 53.7. The predicted molar refractivity (Wildman–Crippen MR) is 136 cm³/mol. The van der Waals surface area contributed by atoms with Gasteiger partial charge in [0.25, 0.3) is 15.9 Å². The van der Waals surface area contributed by atoms with Crippen molar-refractivity contribution < 1.29 is 27.1 Å². The summed E-state index contributed by atoms with van der Waals surface area (Å²) in [4.78, 5) is 21.6. The van der Waals surface area contributed by atoms with Crippen LogP contribution in [0, 0.1) is 18.7 Å². The molecular formula is C27H30FN3O5S. The molecule has 1 aliphatic rings. The Labute approximate surface area is 216 Å². The minimum absolute atomic E-state index is 0.0109. The first-order chi connectivity index (χ1) is 17.6. The van der Waals surface area contributed by atoms with Gasteiger partial charge in [-0.25, -0.2) is 19.1 Å². The molecule has 10 heteroatoms. The second kappa shape index (κ2) is 11.2. The van der Waals surface area contributed by atoms with E-state index in [1.54, 1.807) is 25.1 Å². The van der Waals surface area contributed by atoms with Gasteiger partial charge in [0.15, 0.2) is 5.03 Å². The molecule has 1 aliphatic carbocycles. The number of hydrogen-bond acceptors (Lipinski definition) is 7. The fourth-order valence-corrected chi connectivity index (χ4v) is 4.96. The number of sulfonamides is 1. The zero-order chi connectivity index (χ0) is 26.6. The van der Waals surface area contributed by atoms with E-state index in [1.165, 1.54) is 30.3 Å². The van der Waals surface area contributed by atoms with Gasteiger partial charge in [-0.15, -0.1) is 0 Å². The van der Waals surface area contributed by atoms with Crippen LogP contribution in [0.5, 0.6) is 11.6 Å². The van der Waals surface area contributed by atoms with Gasteiger partial charge in [0, 0.05) is 17.3 Å². The van der Waals surface area contributed by atoms with Crippen LogP contribution in [0.15, 0.2) is 53.6 Å². The van der Waals surface area contributed by atoms with Crippen LogP contribution in [0.25, 0.3) is 11.3 Å². The summed E-state index contributed by atoms with van der Waals surface area (Å²) in [5, 5.41) is -0.266. The summed E-state index contributed by atoms with van der Waals surface area (Å²) in [6.07, 6.45) is 3.42. The van der Waals surface area contributed by atoms with E-state index in [0.29, 0.717) is 29.3 Å². The summed E-state index contributed by atoms with van der Waals surface area (Å²) >= 11 is 0. The van der Waals surface area contributed by atoms with Gasteiger partial charge in [0.05, 0.1) is 12.3 Å². The Hall–Kier alpha value is -3.53. The predicted octanol–water partition coefficient (Wildman–Crippen LogP) is 5.07. The van der Waals surface area contributed by atoms with E-state index in [9.17, 15) is 17.6 Å². The lowest BCUT2D eigenvalue weighted by Crippen LogP contribution is -2.32. The molecule has 1 N–H and O–H groups in total. The molecule has 3 aromatic rings. The van der Waals surface area contributed by atoms with Gasteiger partial charge in [-0.05, 0) is 74.9 Å². The van der Waals surface area contributed by atoms with Crippen molar-refractivity contribution in [3.8, 4) is 22.9 Å². The number of benzene rings is 1. The Morgan fingerprint density at radius 2 is 1.86 bits per heavy atom. The average Bonchev–Trinajstić information content (AvgIpc) is 3.35. The topological polar surface area (TPSA) is 107 Å². The normalized spacial score (nSPS) is 14.1. The van der Waals surface area contributed by atoms with Crippen molar-refractivity contribution in [2.24, 2.45) is 5.92 Å². The molecule has 0 bridgehead atoms. The maximum Gasteiger partial charge on any atom is 0.281 e. The smallest absolute Gasteiger partial charge is 0.281 e. The van der Waals surface area contributed by atoms with E-state index < -0.39 is 21.7 Å². The summed E-state index contributed by atoms with van der Waals surface area (Å²) in [5.74, 6) is -0.767. The second-order valence-electron chi connectivity index (χ2n) is 9.51. The standard InChI is InChI=1S/C27H30FN3O5S/c1-17(2)16-35-22-14-19(13-20(28)15-22)24-12-11-23(27(30-24)36-21-8-4-5-9-21)26(32)31-37(33,34)25-10-6-7-18(3)29-25/h6-7,10-15,17,21H,4-5,8-9,16H2,1-3H3,(H,31,32). The molecular weight excluding hydrogens is 497 g/mol. The molecule has 0 unspecified atom stereocenters. The third-order valence-corrected chi connectivity index (χ3v) is 7.03. The lowest BCUT2D eigenvalue weighted by atomic mass is 10.1. The van der Waals surface area contributed by atoms with Crippen LogP contribution in [0.3, 0.4) is 0 Å². The van der Waals surface area contributed by atoms with Gasteiger partial charge in [-0.2, -0.15) is 8.42 Å². The number of nitrogens with one attached hydrogen (secondary N) is 1. The quantitative estimate of drug-likeness (QED) is 0.414. The number of carbonyl (C=O) groups excluding carboxylic acids is 1. The number of aryl methyl sites for hydroxylation is 1. The van der Waals surface area contributed by atoms with E-state index in [4.69, 9.17) is 9.47 Å². The summed E-state index contributed by atoms with van der Waals surface area (Å²) in [5.41, 5.74) is 1.26. The largest absolute Gasteiger partial charge is 0.493 e. The second-order valence-corrected chi connectivity index (χ2v) is 11.1. The highest BCUT2D eigenvalue weighted by Crippen LogP contribution is 2.30. The zero-order valence-corrected chi connectivity index (χ0v) is 21.8. The molecule has 0 saturated heterocycles. The number of aromatic nitrogens is 2. The van der Waals surface area contributed by atoms with Crippen LogP contribution in [0.1, 0.15) is 55.6 Å². The molecule has 37 heavy (non-hydrogen) atoms. The molecule has 0 atom stereocenters. The molecule has 1 amide bonds. The highest BCUT2D eigenvalue weighted by Gasteiger charge is 2.26. The number of nitrogens with zero attached hydrogens (tertiary/aromatic N) is 2. The number of ether oxygens (including phenoxy) is 2. The number of pyridine rings is 2. The van der Waals surface area contributed by atoms with Crippen molar-refractivity contribution in [1.82, 2.24) is 14.7 Å². The van der Waals surface area contributed by atoms with Crippen LogP contribution < -0.4 is 14.2 Å². The van der Waals surface area contributed by atoms with Crippen molar-refractivity contribution >= 4 is 15.9 Å². The number of amides is 1. The Bertz CT molecular complexity index is 1390. The average molecular weight is 528 g/mol. The Balaban J connectivity index is 1.67. The number of rotatable bonds is 9. The monoisotopic (exact) mass is 527 g/mol. The first kappa shape index (κ1) is 26.5. The minimum atomic E-state index is -4.22. The van der Waals surface area contributed by atoms with Crippen LogP contribution in [0.2, 0.25) is 0 Å². The van der Waals surface area contributed by atoms with E-state index in [0.717, 1.165) is 25.7 Å². The van der Waals surface area contributed by atoms with Crippen LogP contribution in [-0.4, -0.2) is 37.0 Å². The van der Waals surface area contributed by atoms with Crippen molar-refractivity contribution in [1.29, 1.82) is 0 Å². The van der Waals surface area contributed by atoms with Crippen molar-refractivity contribution in [3.05, 3.63) is 65.6 Å². The van der Waals surface area contributed by atoms with E-state index >= 15 is 0 Å². The van der Waals surface area contributed by atoms with Gasteiger partial charge in [0.2, 0.25) is 5.88 Å². The molecule has 2 heterocycles. The van der Waals surface area contributed by atoms with Gasteiger partial charge < -0.3 is 9.47 Å². The molecule has 4 rings (SSSR count). The van der Waals surface area contributed by atoms with Gasteiger partial charge in [0.1, 0.15) is 23.2 Å². The molecule has 1 aromatic carbocycles. The third kappa shape index (κ3) is 6.82. The molecule has 196 valence electrons. The van der Waals surface area contributed by atoms with Gasteiger partial charge in [-0.1, -0.05) is 19.9 Å². The lowest BCUT2D eigenvalue weighted by Gasteiger charge is -2.17. The van der Waals surface area contributed by atoms with E-state index in [-0.39, 0.29) is 28.5 Å². The number of halogens is 1. The van der Waals surface area contributed by atoms with Crippen molar-refractivity contribution in [3.63, 3.8) is 0 Å². The van der Waals surface area contributed by atoms with Crippen LogP contribution >= 0.6 is 0 Å². The highest BCUT2D eigenvalue weighted by atomic mass is 32.2. The summed E-state index contributed by atoms with van der Waals surface area (Å²) in [6, 6.07) is 11.7. The van der Waals surface area contributed by atoms with Gasteiger partial charge in [-0.3, -0.25) is 4.79 Å². The molecule has 0 radical (unpaired) electrons. The minimum Gasteiger partial charge on any atom is -0.493 e. The molecule has 0 aliphatic heterocycles. The third-order valence-electron chi connectivity index (χ3n) is 5.80. The van der Waals surface area contributed by atoms with Crippen molar-refractivity contribution in [2.75, 3.05) is 6.61 Å². The molecule has 8 nitrogen and oxygen atoms in total. The molecule has 2 aromatic heterocycles. The zero-order valence-electron chi connectivity index (χ0n) is 21.0. The van der Waals surface area contributed by atoms with Crippen LogP contribution in [-0.2, 0) is 10.0 Å². The Morgan fingerprint density at radius 1 is 1.11 bits per heavy atom. The highest BCUT2D eigenvalue weighted by molar-refractivity contribution is 7.90. The lowest BCUT2D eigenvalue weighted by molar-refractivity contribution is 0.0972. The first-order valence-corrected chi connectivity index (χ1v) is 13.7. The Kier molecular flexibility index (Phi) is 8.06. The maximum absolute atomic E-state index is 14.4. The Morgan fingerprint density at radius 3 is 2.57 bits per heavy atom. The fraction of sp³-hybridized carbons (Fsp3) is 0.370. The fourth-order valence-electron chi connectivity index (χ4n) is 3.98. The molecule has 0 spiro atoms. The maximum atomic E-state index is 14.4. The van der Waals surface area contributed by atoms with Gasteiger partial charge >= 0.3 is 0 Å².